The van der Waals surface area contributed by atoms with Crippen molar-refractivity contribution in [2.45, 2.75) is 13.3 Å². The Balaban J connectivity index is 1.77. The van der Waals surface area contributed by atoms with Crippen LogP contribution in [0.25, 0.3) is 5.65 Å². The lowest BCUT2D eigenvalue weighted by molar-refractivity contribution is -0.115. The van der Waals surface area contributed by atoms with Gasteiger partial charge in [0.25, 0.3) is 0 Å². The number of rotatable bonds is 3. The van der Waals surface area contributed by atoms with Crippen LogP contribution in [0.5, 0.6) is 0 Å². The number of anilines is 1. The van der Waals surface area contributed by atoms with Gasteiger partial charge in [-0.05, 0) is 46.6 Å². The Hall–Kier alpha value is -2.14. The van der Waals surface area contributed by atoms with E-state index in [0.717, 1.165) is 27.1 Å². The largest absolute Gasteiger partial charge is 0.325 e. The van der Waals surface area contributed by atoms with Crippen molar-refractivity contribution in [2.75, 3.05) is 5.32 Å². The zero-order valence-corrected chi connectivity index (χ0v) is 13.1. The fourth-order valence-corrected chi connectivity index (χ4v) is 2.59. The number of imidazole rings is 1. The minimum Gasteiger partial charge on any atom is -0.325 e. The Bertz CT molecular complexity index is 810. The van der Waals surface area contributed by atoms with Gasteiger partial charge in [0.15, 0.2) is 0 Å². The third-order valence-electron chi connectivity index (χ3n) is 3.22. The number of aryl methyl sites for hydroxylation is 1. The number of pyridine rings is 1. The Kier molecular flexibility index (Phi) is 3.75. The number of aromatic nitrogens is 2. The van der Waals surface area contributed by atoms with Gasteiger partial charge in [-0.2, -0.15) is 0 Å². The number of fused-ring (bicyclic) bond motifs is 1. The molecule has 3 rings (SSSR count). The SMILES string of the molecule is Cc1cccn2cc(CC(=O)Nc3ccccc3Br)nc12. The molecule has 0 saturated heterocycles. The summed E-state index contributed by atoms with van der Waals surface area (Å²) >= 11 is 3.41. The molecule has 2 heterocycles. The number of nitrogens with one attached hydrogen (secondary N) is 1. The van der Waals surface area contributed by atoms with Gasteiger partial charge < -0.3 is 9.72 Å². The van der Waals surface area contributed by atoms with Crippen LogP contribution >= 0.6 is 15.9 Å². The molecule has 3 aromatic rings. The number of carbonyl (C=O) groups is 1. The van der Waals surface area contributed by atoms with Crippen LogP contribution < -0.4 is 5.32 Å². The minimum absolute atomic E-state index is 0.0806. The van der Waals surface area contributed by atoms with E-state index in [-0.39, 0.29) is 12.3 Å². The molecule has 0 aliphatic rings. The Morgan fingerprint density at radius 3 is 2.86 bits per heavy atom. The van der Waals surface area contributed by atoms with Crippen LogP contribution in [-0.2, 0) is 11.2 Å². The lowest BCUT2D eigenvalue weighted by atomic mass is 10.3. The number of amides is 1. The van der Waals surface area contributed by atoms with Crippen molar-refractivity contribution in [3.63, 3.8) is 0 Å². The standard InChI is InChI=1S/C16H14BrN3O/c1-11-5-4-8-20-10-12(18-16(11)20)9-15(21)19-14-7-3-2-6-13(14)17/h2-8,10H,9H2,1H3,(H,19,21). The Morgan fingerprint density at radius 1 is 1.29 bits per heavy atom. The van der Waals surface area contributed by atoms with Crippen LogP contribution in [0.15, 0.2) is 53.3 Å². The van der Waals surface area contributed by atoms with Crippen molar-refractivity contribution >= 4 is 33.2 Å². The predicted octanol–water partition coefficient (Wildman–Crippen LogP) is 3.59. The predicted molar refractivity (Wildman–Crippen MR) is 86.4 cm³/mol. The molecule has 0 bridgehead atoms. The van der Waals surface area contributed by atoms with Gasteiger partial charge in [-0.15, -0.1) is 0 Å². The quantitative estimate of drug-likeness (QED) is 0.789. The zero-order valence-electron chi connectivity index (χ0n) is 11.5. The smallest absolute Gasteiger partial charge is 0.230 e. The second kappa shape index (κ2) is 5.69. The topological polar surface area (TPSA) is 46.4 Å². The fourth-order valence-electron chi connectivity index (χ4n) is 2.21. The lowest BCUT2D eigenvalue weighted by Crippen LogP contribution is -2.14. The number of para-hydroxylation sites is 1. The van der Waals surface area contributed by atoms with E-state index in [1.54, 1.807) is 0 Å². The second-order valence-electron chi connectivity index (χ2n) is 4.86. The molecule has 106 valence electrons. The number of benzene rings is 1. The summed E-state index contributed by atoms with van der Waals surface area (Å²) in [5.41, 5.74) is 3.51. The first-order chi connectivity index (χ1) is 10.1. The van der Waals surface area contributed by atoms with Crippen molar-refractivity contribution in [3.05, 3.63) is 64.5 Å². The molecule has 0 saturated carbocycles. The average molecular weight is 344 g/mol. The van der Waals surface area contributed by atoms with Gasteiger partial charge >= 0.3 is 0 Å². The van der Waals surface area contributed by atoms with Crippen molar-refractivity contribution in [1.29, 1.82) is 0 Å². The van der Waals surface area contributed by atoms with Crippen LogP contribution in [-0.4, -0.2) is 15.3 Å². The lowest BCUT2D eigenvalue weighted by Gasteiger charge is -2.05. The second-order valence-corrected chi connectivity index (χ2v) is 5.71. The van der Waals surface area contributed by atoms with Crippen LogP contribution in [0.1, 0.15) is 11.3 Å². The zero-order chi connectivity index (χ0) is 14.8. The number of halogens is 1. The van der Waals surface area contributed by atoms with E-state index in [9.17, 15) is 4.79 Å². The average Bonchev–Trinajstić information content (AvgIpc) is 2.85. The first-order valence-corrected chi connectivity index (χ1v) is 7.40. The first-order valence-electron chi connectivity index (χ1n) is 6.61. The van der Waals surface area contributed by atoms with Crippen molar-refractivity contribution in [3.8, 4) is 0 Å². The van der Waals surface area contributed by atoms with Crippen LogP contribution in [0.3, 0.4) is 0 Å². The molecule has 0 atom stereocenters. The van der Waals surface area contributed by atoms with Crippen molar-refractivity contribution < 1.29 is 4.79 Å². The summed E-state index contributed by atoms with van der Waals surface area (Å²) in [5, 5.41) is 2.88. The highest BCUT2D eigenvalue weighted by molar-refractivity contribution is 9.10. The van der Waals surface area contributed by atoms with Gasteiger partial charge in [-0.1, -0.05) is 18.2 Å². The molecule has 1 aromatic carbocycles. The molecule has 0 radical (unpaired) electrons. The highest BCUT2D eigenvalue weighted by Gasteiger charge is 2.10. The molecule has 1 N–H and O–H groups in total. The van der Waals surface area contributed by atoms with E-state index in [1.165, 1.54) is 0 Å². The molecule has 0 unspecified atom stereocenters. The van der Waals surface area contributed by atoms with E-state index in [2.05, 4.69) is 26.2 Å². The third kappa shape index (κ3) is 2.97. The summed E-state index contributed by atoms with van der Waals surface area (Å²) in [6.45, 7) is 2.01. The summed E-state index contributed by atoms with van der Waals surface area (Å²) in [5.74, 6) is -0.0806. The maximum atomic E-state index is 12.1. The molecule has 2 aromatic heterocycles. The number of carbonyl (C=O) groups excluding carboxylic acids is 1. The number of nitrogens with zero attached hydrogens (tertiary/aromatic N) is 2. The molecular formula is C16H14BrN3O. The monoisotopic (exact) mass is 343 g/mol. The van der Waals surface area contributed by atoms with Crippen LogP contribution in [0, 0.1) is 6.92 Å². The van der Waals surface area contributed by atoms with Gasteiger partial charge in [0, 0.05) is 16.9 Å². The summed E-state index contributed by atoms with van der Waals surface area (Å²) in [4.78, 5) is 16.6. The number of hydrogen-bond donors (Lipinski definition) is 1. The molecule has 1 amide bonds. The van der Waals surface area contributed by atoms with Gasteiger partial charge in [0.2, 0.25) is 5.91 Å². The summed E-state index contributed by atoms with van der Waals surface area (Å²) in [6, 6.07) is 11.5. The number of hydrogen-bond acceptors (Lipinski definition) is 2. The molecule has 0 aliphatic heterocycles. The van der Waals surface area contributed by atoms with Crippen LogP contribution in [0.2, 0.25) is 0 Å². The van der Waals surface area contributed by atoms with E-state index in [1.807, 2.05) is 60.1 Å². The van der Waals surface area contributed by atoms with E-state index in [4.69, 9.17) is 0 Å². The third-order valence-corrected chi connectivity index (χ3v) is 3.91. The molecule has 0 spiro atoms. The maximum absolute atomic E-state index is 12.1. The van der Waals surface area contributed by atoms with Gasteiger partial charge in [0.1, 0.15) is 5.65 Å². The first kappa shape index (κ1) is 13.8. The molecular weight excluding hydrogens is 330 g/mol. The van der Waals surface area contributed by atoms with E-state index < -0.39 is 0 Å². The molecule has 21 heavy (non-hydrogen) atoms. The maximum Gasteiger partial charge on any atom is 0.230 e. The van der Waals surface area contributed by atoms with Crippen molar-refractivity contribution in [2.24, 2.45) is 0 Å². The Labute approximate surface area is 131 Å². The highest BCUT2D eigenvalue weighted by Crippen LogP contribution is 2.21. The normalized spacial score (nSPS) is 10.8. The summed E-state index contributed by atoms with van der Waals surface area (Å²) < 4.78 is 2.81. The van der Waals surface area contributed by atoms with Crippen molar-refractivity contribution in [1.82, 2.24) is 9.38 Å². The fraction of sp³-hybridized carbons (Fsp3) is 0.125. The van der Waals surface area contributed by atoms with E-state index >= 15 is 0 Å². The summed E-state index contributed by atoms with van der Waals surface area (Å²) in [6.07, 6.45) is 4.08. The summed E-state index contributed by atoms with van der Waals surface area (Å²) in [7, 11) is 0. The van der Waals surface area contributed by atoms with Gasteiger partial charge in [0.05, 0.1) is 17.8 Å². The molecule has 5 heteroatoms. The molecule has 0 fully saturated rings. The Morgan fingerprint density at radius 2 is 2.10 bits per heavy atom. The van der Waals surface area contributed by atoms with Crippen LogP contribution in [0.4, 0.5) is 5.69 Å². The molecule has 0 aliphatic carbocycles. The van der Waals surface area contributed by atoms with Gasteiger partial charge in [-0.3, -0.25) is 4.79 Å². The molecule has 4 nitrogen and oxygen atoms in total. The highest BCUT2D eigenvalue weighted by atomic mass is 79.9. The van der Waals surface area contributed by atoms with Gasteiger partial charge in [-0.25, -0.2) is 4.98 Å². The van der Waals surface area contributed by atoms with E-state index in [0.29, 0.717) is 0 Å². The minimum atomic E-state index is -0.0806.